The number of rotatable bonds is 8. The van der Waals surface area contributed by atoms with E-state index in [9.17, 15) is 18.3 Å². The molecule has 5 rings (SSSR count). The highest BCUT2D eigenvalue weighted by Gasteiger charge is 2.40. The Bertz CT molecular complexity index is 1460. The van der Waals surface area contributed by atoms with E-state index in [2.05, 4.69) is 42.4 Å². The molecule has 1 saturated heterocycles. The summed E-state index contributed by atoms with van der Waals surface area (Å²) >= 11 is 0. The molecule has 10 nitrogen and oxygen atoms in total. The molecule has 1 aliphatic carbocycles. The summed E-state index contributed by atoms with van der Waals surface area (Å²) < 4.78 is 35.4. The van der Waals surface area contributed by atoms with Crippen LogP contribution in [0.3, 0.4) is 0 Å². The minimum atomic E-state index is -4.17. The number of nitrogens with zero attached hydrogens (tertiary/aromatic N) is 4. The molecular formula is C27H33N5O5S. The minimum Gasteiger partial charge on any atom is -0.508 e. The highest BCUT2D eigenvalue weighted by atomic mass is 32.2. The highest BCUT2D eigenvalue weighted by Crippen LogP contribution is 2.45. The second-order valence-corrected chi connectivity index (χ2v) is 13.1. The van der Waals surface area contributed by atoms with Crippen molar-refractivity contribution in [2.24, 2.45) is 11.3 Å². The van der Waals surface area contributed by atoms with Gasteiger partial charge in [0.1, 0.15) is 11.6 Å². The summed E-state index contributed by atoms with van der Waals surface area (Å²) in [5.41, 5.74) is 0.0695. The fourth-order valence-corrected chi connectivity index (χ4v) is 5.85. The summed E-state index contributed by atoms with van der Waals surface area (Å²) in [6.07, 6.45) is 4.94. The predicted molar refractivity (Wildman–Crippen MR) is 142 cm³/mol. The van der Waals surface area contributed by atoms with Crippen LogP contribution in [0.1, 0.15) is 57.3 Å². The number of anilines is 1. The van der Waals surface area contributed by atoms with Gasteiger partial charge in [-0.15, -0.1) is 5.10 Å². The molecular weight excluding hydrogens is 506 g/mol. The zero-order valence-electron chi connectivity index (χ0n) is 22.0. The number of carbonyl (C=O) groups excluding carboxylic acids is 1. The topological polar surface area (TPSA) is 127 Å². The van der Waals surface area contributed by atoms with Crippen LogP contribution in [0, 0.1) is 11.3 Å². The molecule has 38 heavy (non-hydrogen) atoms. The molecule has 202 valence electrons. The van der Waals surface area contributed by atoms with Crippen LogP contribution in [0.2, 0.25) is 0 Å². The lowest BCUT2D eigenvalue weighted by atomic mass is 9.97. The third-order valence-corrected chi connectivity index (χ3v) is 8.63. The van der Waals surface area contributed by atoms with Crippen LogP contribution in [0.15, 0.2) is 53.6 Å². The van der Waals surface area contributed by atoms with Crippen molar-refractivity contribution >= 4 is 21.7 Å². The standard InChI is InChI=1S/C27H33N5O5S/c1-18-15-26(2,3)31(16-18)24-21(25(34)30-38(35,36)20-7-5-19(33)6-8-20)9-10-22(28-24)32-14-11-23(29-32)37-17-27(4)12-13-27/h5-11,14,18,33H,12-13,15-17H2,1-4H3,(H,30,34)/t18-/m0/s1. The molecule has 2 N–H and O–H groups in total. The summed E-state index contributed by atoms with van der Waals surface area (Å²) in [5, 5.41) is 14.0. The summed E-state index contributed by atoms with van der Waals surface area (Å²) in [6.45, 7) is 9.76. The molecule has 2 fully saturated rings. The van der Waals surface area contributed by atoms with Crippen molar-refractivity contribution in [3.63, 3.8) is 0 Å². The molecule has 1 atom stereocenters. The number of sulfonamides is 1. The number of phenols is 1. The second kappa shape index (κ2) is 9.30. The van der Waals surface area contributed by atoms with Gasteiger partial charge in [-0.05, 0) is 75.4 Å². The predicted octanol–water partition coefficient (Wildman–Crippen LogP) is 3.90. The van der Waals surface area contributed by atoms with Crippen LogP contribution in [-0.2, 0) is 10.0 Å². The number of aromatic hydroxyl groups is 1. The Morgan fingerprint density at radius 3 is 2.47 bits per heavy atom. The number of nitrogens with one attached hydrogen (secondary N) is 1. The third-order valence-electron chi connectivity index (χ3n) is 7.28. The van der Waals surface area contributed by atoms with Gasteiger partial charge in [0.15, 0.2) is 5.82 Å². The molecule has 3 heterocycles. The monoisotopic (exact) mass is 539 g/mol. The van der Waals surface area contributed by atoms with Gasteiger partial charge in [-0.2, -0.15) is 0 Å². The number of pyridine rings is 1. The molecule has 11 heteroatoms. The van der Waals surface area contributed by atoms with Gasteiger partial charge in [-0.3, -0.25) is 4.79 Å². The number of carbonyl (C=O) groups is 1. The Balaban J connectivity index is 1.47. The van der Waals surface area contributed by atoms with E-state index in [1.165, 1.54) is 24.3 Å². The van der Waals surface area contributed by atoms with Crippen molar-refractivity contribution in [1.29, 1.82) is 0 Å². The molecule has 0 spiro atoms. The molecule has 2 aliphatic rings. The molecule has 1 amide bonds. The van der Waals surface area contributed by atoms with E-state index in [0.717, 1.165) is 19.3 Å². The Labute approximate surface area is 222 Å². The fraction of sp³-hybridized carbons (Fsp3) is 0.444. The van der Waals surface area contributed by atoms with Crippen LogP contribution in [0.5, 0.6) is 11.6 Å². The highest BCUT2D eigenvalue weighted by molar-refractivity contribution is 7.90. The van der Waals surface area contributed by atoms with Gasteiger partial charge >= 0.3 is 0 Å². The molecule has 2 aromatic heterocycles. The lowest BCUT2D eigenvalue weighted by Gasteiger charge is -2.34. The van der Waals surface area contributed by atoms with Crippen molar-refractivity contribution in [3.8, 4) is 17.4 Å². The van der Waals surface area contributed by atoms with Crippen molar-refractivity contribution in [3.05, 3.63) is 54.2 Å². The Morgan fingerprint density at radius 1 is 1.13 bits per heavy atom. The van der Waals surface area contributed by atoms with Gasteiger partial charge in [0.05, 0.1) is 17.1 Å². The van der Waals surface area contributed by atoms with Gasteiger partial charge in [0.25, 0.3) is 15.9 Å². The Morgan fingerprint density at radius 2 is 1.84 bits per heavy atom. The Hall–Kier alpha value is -3.60. The van der Waals surface area contributed by atoms with Gasteiger partial charge in [0, 0.05) is 29.8 Å². The van der Waals surface area contributed by atoms with Crippen molar-refractivity contribution in [2.45, 2.75) is 57.4 Å². The molecule has 1 aliphatic heterocycles. The van der Waals surface area contributed by atoms with E-state index >= 15 is 0 Å². The van der Waals surface area contributed by atoms with Crippen molar-refractivity contribution < 1.29 is 23.1 Å². The minimum absolute atomic E-state index is 0.0725. The van der Waals surface area contributed by atoms with Crippen molar-refractivity contribution in [2.75, 3.05) is 18.1 Å². The van der Waals surface area contributed by atoms with E-state index < -0.39 is 15.9 Å². The second-order valence-electron chi connectivity index (χ2n) is 11.4. The maximum atomic E-state index is 13.4. The molecule has 3 aromatic rings. The molecule has 1 aromatic carbocycles. The van der Waals surface area contributed by atoms with Crippen LogP contribution in [0.4, 0.5) is 5.82 Å². The number of ether oxygens (including phenoxy) is 1. The number of hydrogen-bond acceptors (Lipinski definition) is 8. The fourth-order valence-electron chi connectivity index (χ4n) is 4.89. The largest absolute Gasteiger partial charge is 0.508 e. The van der Waals surface area contributed by atoms with Crippen LogP contribution in [0.25, 0.3) is 5.82 Å². The summed E-state index contributed by atoms with van der Waals surface area (Å²) in [7, 11) is -4.17. The quantitative estimate of drug-likeness (QED) is 0.441. The van der Waals surface area contributed by atoms with Gasteiger partial charge in [0.2, 0.25) is 5.88 Å². The Kier molecular flexibility index (Phi) is 6.37. The smallest absolute Gasteiger partial charge is 0.268 e. The molecule has 0 bridgehead atoms. The lowest BCUT2D eigenvalue weighted by molar-refractivity contribution is 0.0981. The number of phenolic OH excluding ortho intramolecular Hbond substituents is 1. The number of hydrogen-bond donors (Lipinski definition) is 2. The molecule has 0 unspecified atom stereocenters. The summed E-state index contributed by atoms with van der Waals surface area (Å²) in [4.78, 5) is 20.1. The van der Waals surface area contributed by atoms with Crippen LogP contribution >= 0.6 is 0 Å². The lowest BCUT2D eigenvalue weighted by Crippen LogP contribution is -2.41. The summed E-state index contributed by atoms with van der Waals surface area (Å²) in [6, 6.07) is 9.96. The van der Waals surface area contributed by atoms with E-state index in [-0.39, 0.29) is 27.2 Å². The number of benzene rings is 1. The molecule has 1 saturated carbocycles. The van der Waals surface area contributed by atoms with Gasteiger partial charge in [-0.25, -0.2) is 22.8 Å². The zero-order valence-corrected chi connectivity index (χ0v) is 22.8. The van der Waals surface area contributed by atoms with Crippen molar-refractivity contribution in [1.82, 2.24) is 19.5 Å². The van der Waals surface area contributed by atoms with Gasteiger partial charge in [-0.1, -0.05) is 13.8 Å². The van der Waals surface area contributed by atoms with E-state index in [1.54, 1.807) is 29.1 Å². The average Bonchev–Trinajstić information content (AvgIpc) is 3.28. The van der Waals surface area contributed by atoms with Crippen LogP contribution in [-0.4, -0.2) is 52.9 Å². The first-order valence-electron chi connectivity index (χ1n) is 12.7. The summed E-state index contributed by atoms with van der Waals surface area (Å²) in [5.74, 6) is 0.875. The first kappa shape index (κ1) is 26.0. The number of aromatic nitrogens is 3. The maximum absolute atomic E-state index is 13.4. The third kappa shape index (κ3) is 5.33. The maximum Gasteiger partial charge on any atom is 0.268 e. The van der Waals surface area contributed by atoms with Crippen LogP contribution < -0.4 is 14.4 Å². The SMILES string of the molecule is C[C@@H]1CN(c2nc(-n3ccc(OCC4(C)CC4)n3)ccc2C(=O)NS(=O)(=O)c2ccc(O)cc2)C(C)(C)C1. The normalized spacial score (nSPS) is 19.8. The molecule has 0 radical (unpaired) electrons. The number of amides is 1. The van der Waals surface area contributed by atoms with Gasteiger partial charge < -0.3 is 14.7 Å². The van der Waals surface area contributed by atoms with E-state index in [4.69, 9.17) is 9.72 Å². The first-order chi connectivity index (χ1) is 17.9. The average molecular weight is 540 g/mol. The zero-order chi connectivity index (χ0) is 27.3. The first-order valence-corrected chi connectivity index (χ1v) is 14.2. The van der Waals surface area contributed by atoms with E-state index in [0.29, 0.717) is 36.6 Å². The van der Waals surface area contributed by atoms with E-state index in [1.807, 2.05) is 0 Å².